The summed E-state index contributed by atoms with van der Waals surface area (Å²) in [5, 5.41) is 11.9. The number of rotatable bonds is 4. The standard InChI is InChI=1S/C19H16F3N3O3/c1-9(23-12-5-3-11(4-6-12)18(27)28)13-7-14-16(8-15(13)19(20,21)22)24-10(2)25-17(14)26/h3-9,23H,1-2H3,(H,27,28)(H,24,25,26)/t9-/m0/s1. The van der Waals surface area contributed by atoms with E-state index in [2.05, 4.69) is 15.3 Å². The summed E-state index contributed by atoms with van der Waals surface area (Å²) in [6, 6.07) is 6.88. The van der Waals surface area contributed by atoms with Crippen LogP contribution >= 0.6 is 0 Å². The number of aromatic amines is 1. The van der Waals surface area contributed by atoms with Crippen LogP contribution in [0.15, 0.2) is 41.2 Å². The average molecular weight is 391 g/mol. The molecule has 6 nitrogen and oxygen atoms in total. The number of fused-ring (bicyclic) bond motifs is 1. The van der Waals surface area contributed by atoms with Crippen molar-refractivity contribution in [1.29, 1.82) is 0 Å². The topological polar surface area (TPSA) is 95.1 Å². The predicted octanol–water partition coefficient (Wildman–Crippen LogP) is 4.12. The zero-order valence-corrected chi connectivity index (χ0v) is 14.9. The lowest BCUT2D eigenvalue weighted by molar-refractivity contribution is -0.138. The Morgan fingerprint density at radius 3 is 2.43 bits per heavy atom. The Balaban J connectivity index is 2.06. The number of carboxylic acids is 1. The van der Waals surface area contributed by atoms with Crippen molar-refractivity contribution in [2.24, 2.45) is 0 Å². The van der Waals surface area contributed by atoms with Crippen LogP contribution in [0.2, 0.25) is 0 Å². The van der Waals surface area contributed by atoms with E-state index in [0.717, 1.165) is 6.07 Å². The molecular formula is C19H16F3N3O3. The van der Waals surface area contributed by atoms with E-state index in [0.29, 0.717) is 5.69 Å². The average Bonchev–Trinajstić information content (AvgIpc) is 2.60. The normalized spacial score (nSPS) is 12.8. The first-order chi connectivity index (χ1) is 13.1. The maximum Gasteiger partial charge on any atom is 0.416 e. The van der Waals surface area contributed by atoms with Gasteiger partial charge in [0.05, 0.1) is 22.0 Å². The van der Waals surface area contributed by atoms with E-state index in [9.17, 15) is 22.8 Å². The number of aryl methyl sites for hydroxylation is 1. The number of carbonyl (C=O) groups is 1. The number of hydrogen-bond donors (Lipinski definition) is 3. The zero-order valence-electron chi connectivity index (χ0n) is 14.9. The molecule has 3 aromatic rings. The van der Waals surface area contributed by atoms with Crippen LogP contribution in [0.4, 0.5) is 18.9 Å². The van der Waals surface area contributed by atoms with Crippen molar-refractivity contribution < 1.29 is 23.1 Å². The van der Waals surface area contributed by atoms with Gasteiger partial charge in [-0.3, -0.25) is 4.79 Å². The Labute approximate surface area is 157 Å². The van der Waals surface area contributed by atoms with Gasteiger partial charge in [0.2, 0.25) is 0 Å². The van der Waals surface area contributed by atoms with Gasteiger partial charge in [0.1, 0.15) is 5.82 Å². The summed E-state index contributed by atoms with van der Waals surface area (Å²) in [5.74, 6) is -0.876. The summed E-state index contributed by atoms with van der Waals surface area (Å²) in [7, 11) is 0. The fourth-order valence-electron chi connectivity index (χ4n) is 2.96. The first-order valence-corrected chi connectivity index (χ1v) is 8.28. The quantitative estimate of drug-likeness (QED) is 0.622. The minimum absolute atomic E-state index is 0.0321. The molecule has 9 heteroatoms. The number of H-pyrrole nitrogens is 1. The van der Waals surface area contributed by atoms with Gasteiger partial charge in [0.15, 0.2) is 0 Å². The van der Waals surface area contributed by atoms with E-state index in [1.54, 1.807) is 0 Å². The number of nitrogens with one attached hydrogen (secondary N) is 2. The molecule has 1 heterocycles. The molecule has 3 rings (SSSR count). The van der Waals surface area contributed by atoms with E-state index in [4.69, 9.17) is 5.11 Å². The lowest BCUT2D eigenvalue weighted by Gasteiger charge is -2.21. The molecule has 0 fully saturated rings. The van der Waals surface area contributed by atoms with Gasteiger partial charge in [-0.1, -0.05) is 0 Å². The lowest BCUT2D eigenvalue weighted by Crippen LogP contribution is -2.18. The van der Waals surface area contributed by atoms with E-state index >= 15 is 0 Å². The summed E-state index contributed by atoms with van der Waals surface area (Å²) in [6.07, 6.45) is -4.63. The van der Waals surface area contributed by atoms with Crippen LogP contribution in [-0.2, 0) is 6.18 Å². The Hall–Kier alpha value is -3.36. The molecule has 2 aromatic carbocycles. The zero-order chi connectivity index (χ0) is 20.6. The SMILES string of the molecule is Cc1nc2cc(C(F)(F)F)c([C@H](C)Nc3ccc(C(=O)O)cc3)cc2c(=O)[nH]1. The second-order valence-corrected chi connectivity index (χ2v) is 6.35. The van der Waals surface area contributed by atoms with Crippen LogP contribution in [0.25, 0.3) is 10.9 Å². The van der Waals surface area contributed by atoms with Crippen LogP contribution in [0.3, 0.4) is 0 Å². The number of carboxylic acid groups (broad SMARTS) is 1. The van der Waals surface area contributed by atoms with Gasteiger partial charge in [-0.15, -0.1) is 0 Å². The molecule has 0 aliphatic heterocycles. The molecule has 0 unspecified atom stereocenters. The van der Waals surface area contributed by atoms with E-state index in [-0.39, 0.29) is 27.9 Å². The minimum Gasteiger partial charge on any atom is -0.478 e. The molecule has 1 atom stereocenters. The Bertz CT molecular complexity index is 1110. The second-order valence-electron chi connectivity index (χ2n) is 6.35. The van der Waals surface area contributed by atoms with Gasteiger partial charge < -0.3 is 15.4 Å². The van der Waals surface area contributed by atoms with Crippen LogP contribution in [0, 0.1) is 6.92 Å². The number of nitrogens with zero attached hydrogens (tertiary/aromatic N) is 1. The summed E-state index contributed by atoms with van der Waals surface area (Å²) < 4.78 is 40.8. The Morgan fingerprint density at radius 2 is 1.86 bits per heavy atom. The van der Waals surface area contributed by atoms with Gasteiger partial charge in [0.25, 0.3) is 5.56 Å². The largest absolute Gasteiger partial charge is 0.478 e. The number of aromatic carboxylic acids is 1. The number of benzene rings is 2. The smallest absolute Gasteiger partial charge is 0.416 e. The highest BCUT2D eigenvalue weighted by Crippen LogP contribution is 2.37. The molecule has 0 saturated heterocycles. The number of alkyl halides is 3. The molecule has 1 aromatic heterocycles. The molecule has 0 spiro atoms. The van der Waals surface area contributed by atoms with Crippen molar-refractivity contribution >= 4 is 22.6 Å². The first kappa shape index (κ1) is 19.4. The number of aromatic nitrogens is 2. The fourth-order valence-corrected chi connectivity index (χ4v) is 2.96. The number of anilines is 1. The Kier molecular flexibility index (Phi) is 4.84. The summed E-state index contributed by atoms with van der Waals surface area (Å²) in [4.78, 5) is 29.5. The highest BCUT2D eigenvalue weighted by Gasteiger charge is 2.35. The van der Waals surface area contributed by atoms with E-state index in [1.165, 1.54) is 44.2 Å². The van der Waals surface area contributed by atoms with Crippen LogP contribution in [0.5, 0.6) is 0 Å². The molecule has 0 aliphatic rings. The van der Waals surface area contributed by atoms with Crippen LogP contribution < -0.4 is 10.9 Å². The Morgan fingerprint density at radius 1 is 1.21 bits per heavy atom. The fraction of sp³-hybridized carbons (Fsp3) is 0.211. The van der Waals surface area contributed by atoms with Gasteiger partial charge in [-0.2, -0.15) is 13.2 Å². The second kappa shape index (κ2) is 6.99. The number of hydrogen-bond acceptors (Lipinski definition) is 4. The van der Waals surface area contributed by atoms with Crippen molar-refractivity contribution in [3.05, 3.63) is 69.3 Å². The van der Waals surface area contributed by atoms with Crippen molar-refractivity contribution in [3.63, 3.8) is 0 Å². The molecular weight excluding hydrogens is 375 g/mol. The molecule has 0 amide bonds. The van der Waals surface area contributed by atoms with Gasteiger partial charge in [-0.25, -0.2) is 9.78 Å². The third kappa shape index (κ3) is 3.83. The maximum absolute atomic E-state index is 13.6. The molecule has 28 heavy (non-hydrogen) atoms. The van der Waals surface area contributed by atoms with Crippen LogP contribution in [0.1, 0.15) is 40.3 Å². The monoisotopic (exact) mass is 391 g/mol. The third-order valence-corrected chi connectivity index (χ3v) is 4.28. The molecule has 3 N–H and O–H groups in total. The maximum atomic E-state index is 13.6. The van der Waals surface area contributed by atoms with Gasteiger partial charge in [0, 0.05) is 11.7 Å². The minimum atomic E-state index is -4.63. The highest BCUT2D eigenvalue weighted by molar-refractivity contribution is 5.88. The van der Waals surface area contributed by atoms with Crippen molar-refractivity contribution in [2.75, 3.05) is 5.32 Å². The molecule has 0 saturated carbocycles. The van der Waals surface area contributed by atoms with Gasteiger partial charge >= 0.3 is 12.1 Å². The van der Waals surface area contributed by atoms with E-state index in [1.807, 2.05) is 0 Å². The highest BCUT2D eigenvalue weighted by atomic mass is 19.4. The van der Waals surface area contributed by atoms with E-state index < -0.39 is 29.3 Å². The van der Waals surface area contributed by atoms with Crippen molar-refractivity contribution in [2.45, 2.75) is 26.1 Å². The number of halogens is 3. The lowest BCUT2D eigenvalue weighted by atomic mass is 9.98. The van der Waals surface area contributed by atoms with Crippen LogP contribution in [-0.4, -0.2) is 21.0 Å². The first-order valence-electron chi connectivity index (χ1n) is 8.28. The van der Waals surface area contributed by atoms with Gasteiger partial charge in [-0.05, 0) is 55.8 Å². The molecule has 0 aliphatic carbocycles. The molecule has 0 bridgehead atoms. The summed E-state index contributed by atoms with van der Waals surface area (Å²) in [6.45, 7) is 3.02. The summed E-state index contributed by atoms with van der Waals surface area (Å²) in [5.41, 5.74) is -1.04. The summed E-state index contributed by atoms with van der Waals surface area (Å²) >= 11 is 0. The molecule has 146 valence electrons. The molecule has 0 radical (unpaired) electrons. The predicted molar refractivity (Wildman–Crippen MR) is 97.5 cm³/mol. The van der Waals surface area contributed by atoms with Crippen molar-refractivity contribution in [1.82, 2.24) is 9.97 Å². The third-order valence-electron chi connectivity index (χ3n) is 4.28. The van der Waals surface area contributed by atoms with Crippen molar-refractivity contribution in [3.8, 4) is 0 Å².